The highest BCUT2D eigenvalue weighted by atomic mass is 16.7. The molecule has 9 atom stereocenters. The molecule has 9 N–H and O–H groups in total. The zero-order valence-corrected chi connectivity index (χ0v) is 21.0. The third-order valence-electron chi connectivity index (χ3n) is 6.87. The smallest absolute Gasteiger partial charge is 0.239 e. The van der Waals surface area contributed by atoms with Crippen molar-refractivity contribution in [1.29, 1.82) is 0 Å². The lowest BCUT2D eigenvalue weighted by atomic mass is 9.99. The fourth-order valence-corrected chi connectivity index (χ4v) is 4.64. The summed E-state index contributed by atoms with van der Waals surface area (Å²) in [5.41, 5.74) is -0.953. The van der Waals surface area contributed by atoms with E-state index in [2.05, 4.69) is 0 Å². The van der Waals surface area contributed by atoms with Gasteiger partial charge >= 0.3 is 0 Å². The van der Waals surface area contributed by atoms with Gasteiger partial charge in [0.25, 0.3) is 0 Å². The normalized spacial score (nSPS) is 31.9. The molecule has 0 unspecified atom stereocenters. The van der Waals surface area contributed by atoms with Crippen LogP contribution in [-0.4, -0.2) is 114 Å². The molecule has 0 aliphatic carbocycles. The zero-order chi connectivity index (χ0) is 29.6. The van der Waals surface area contributed by atoms with Crippen molar-refractivity contribution in [3.8, 4) is 34.3 Å². The van der Waals surface area contributed by atoms with E-state index in [9.17, 15) is 50.8 Å². The largest absolute Gasteiger partial charge is 0.508 e. The third-order valence-corrected chi connectivity index (χ3v) is 6.87. The topological polar surface area (TPSA) is 249 Å². The lowest BCUT2D eigenvalue weighted by Crippen LogP contribution is -2.60. The molecular weight excluding hydrogens is 552 g/mol. The number of hydrogen-bond acceptors (Lipinski definition) is 15. The molecule has 0 spiro atoms. The Bertz CT molecular complexity index is 1440. The van der Waals surface area contributed by atoms with Crippen LogP contribution in [0.1, 0.15) is 0 Å². The lowest BCUT2D eigenvalue weighted by Gasteiger charge is -2.40. The van der Waals surface area contributed by atoms with E-state index >= 15 is 0 Å². The van der Waals surface area contributed by atoms with Crippen molar-refractivity contribution in [2.24, 2.45) is 0 Å². The van der Waals surface area contributed by atoms with E-state index in [0.29, 0.717) is 0 Å². The average molecular weight is 580 g/mol. The van der Waals surface area contributed by atoms with Gasteiger partial charge in [0.05, 0.1) is 13.2 Å². The summed E-state index contributed by atoms with van der Waals surface area (Å²) in [6.45, 7) is -1.16. The Labute approximate surface area is 230 Å². The Morgan fingerprint density at radius 2 is 1.39 bits per heavy atom. The number of aromatic hydroxyl groups is 3. The van der Waals surface area contributed by atoms with Gasteiger partial charge in [0.2, 0.25) is 17.5 Å². The molecule has 2 saturated heterocycles. The second kappa shape index (κ2) is 11.4. The second-order valence-corrected chi connectivity index (χ2v) is 9.65. The van der Waals surface area contributed by atoms with Gasteiger partial charge in [-0.3, -0.25) is 4.79 Å². The molecule has 2 fully saturated rings. The number of rotatable bonds is 7. The van der Waals surface area contributed by atoms with Gasteiger partial charge in [-0.2, -0.15) is 0 Å². The Morgan fingerprint density at radius 3 is 2.05 bits per heavy atom. The molecule has 1 aromatic heterocycles. The standard InChI is InChI=1S/C26H28O15/c27-7-14-17(31)21(35)25(39-14)37-8-15-18(32)20(34)22(36)26(40-15)41-24-19(33)16-12(30)5-11(29)6-13(16)38-23(24)9-1-3-10(28)4-2-9/h1-6,14-15,17-18,20-22,25-32,34-36H,7-8H2/t14-,15-,17-,18-,20+,21-,22-,25-,26+/m1/s1. The third kappa shape index (κ3) is 5.42. The summed E-state index contributed by atoms with van der Waals surface area (Å²) in [4.78, 5) is 13.5. The molecule has 5 rings (SSSR count). The van der Waals surface area contributed by atoms with E-state index in [0.717, 1.165) is 12.1 Å². The number of phenols is 3. The fraction of sp³-hybridized carbons (Fsp3) is 0.423. The first kappa shape index (κ1) is 29.0. The summed E-state index contributed by atoms with van der Waals surface area (Å²) in [5, 5.41) is 90.3. The summed E-state index contributed by atoms with van der Waals surface area (Å²) in [5.74, 6) is -1.97. The molecule has 3 heterocycles. The summed E-state index contributed by atoms with van der Waals surface area (Å²) >= 11 is 0. The Hall–Kier alpha value is -3.51. The Kier molecular flexibility index (Phi) is 8.06. The number of phenolic OH excluding ortho intramolecular Hbond substituents is 3. The summed E-state index contributed by atoms with van der Waals surface area (Å²) in [6, 6.07) is 7.33. The molecule has 3 aromatic rings. The SMILES string of the molecule is O=c1c(O[C@@H]2O[C@H](CO[C@@H]3O[C@H](CO)[C@@H](O)[C@H]3O)[C@@H](O)[C@H](O)[C@H]2O)c(-c2ccc(O)cc2)oc2cc(O)cc(O)c12. The summed E-state index contributed by atoms with van der Waals surface area (Å²) in [6.07, 6.45) is -14.3. The van der Waals surface area contributed by atoms with Gasteiger partial charge in [0.15, 0.2) is 12.1 Å². The average Bonchev–Trinajstić information content (AvgIpc) is 3.21. The van der Waals surface area contributed by atoms with E-state index in [1.165, 1.54) is 24.3 Å². The minimum absolute atomic E-state index is 0.102. The number of ether oxygens (including phenoxy) is 4. The van der Waals surface area contributed by atoms with Crippen LogP contribution in [-0.2, 0) is 14.2 Å². The molecule has 41 heavy (non-hydrogen) atoms. The number of hydrogen-bond donors (Lipinski definition) is 9. The monoisotopic (exact) mass is 580 g/mol. The number of aliphatic hydroxyl groups is 6. The maximum Gasteiger partial charge on any atom is 0.239 e. The molecule has 2 aliphatic heterocycles. The van der Waals surface area contributed by atoms with Crippen LogP contribution in [0.3, 0.4) is 0 Å². The number of aliphatic hydroxyl groups excluding tert-OH is 6. The molecule has 15 nitrogen and oxygen atoms in total. The van der Waals surface area contributed by atoms with Crippen molar-refractivity contribution < 1.29 is 69.3 Å². The minimum Gasteiger partial charge on any atom is -0.508 e. The molecule has 0 bridgehead atoms. The maximum atomic E-state index is 13.5. The first-order valence-corrected chi connectivity index (χ1v) is 12.4. The van der Waals surface area contributed by atoms with Crippen molar-refractivity contribution >= 4 is 11.0 Å². The lowest BCUT2D eigenvalue weighted by molar-refractivity contribution is -0.290. The van der Waals surface area contributed by atoms with Gasteiger partial charge in [0, 0.05) is 17.7 Å². The molecule has 15 heteroatoms. The summed E-state index contributed by atoms with van der Waals surface area (Å²) < 4.78 is 27.7. The van der Waals surface area contributed by atoms with E-state index in [1.54, 1.807) is 0 Å². The van der Waals surface area contributed by atoms with Crippen LogP contribution in [0.4, 0.5) is 0 Å². The first-order valence-electron chi connectivity index (χ1n) is 12.4. The zero-order valence-electron chi connectivity index (χ0n) is 21.0. The predicted molar refractivity (Wildman–Crippen MR) is 134 cm³/mol. The predicted octanol–water partition coefficient (Wildman–Crippen LogP) is -1.78. The quantitative estimate of drug-likeness (QED) is 0.150. The molecule has 2 aliphatic rings. The van der Waals surface area contributed by atoms with Crippen LogP contribution >= 0.6 is 0 Å². The van der Waals surface area contributed by atoms with Gasteiger partial charge in [0.1, 0.15) is 70.9 Å². The van der Waals surface area contributed by atoms with Crippen molar-refractivity contribution in [2.45, 2.75) is 55.3 Å². The highest BCUT2D eigenvalue weighted by molar-refractivity contribution is 5.88. The van der Waals surface area contributed by atoms with Crippen LogP contribution in [0.2, 0.25) is 0 Å². The highest BCUT2D eigenvalue weighted by Gasteiger charge is 2.48. The molecular formula is C26H28O15. The van der Waals surface area contributed by atoms with Crippen LogP contribution in [0.5, 0.6) is 23.0 Å². The molecule has 0 radical (unpaired) electrons. The molecule has 2 aromatic carbocycles. The Morgan fingerprint density at radius 1 is 0.756 bits per heavy atom. The highest BCUT2D eigenvalue weighted by Crippen LogP contribution is 2.37. The van der Waals surface area contributed by atoms with Crippen LogP contribution in [0, 0.1) is 0 Å². The van der Waals surface area contributed by atoms with Crippen LogP contribution in [0.15, 0.2) is 45.6 Å². The maximum absolute atomic E-state index is 13.5. The number of fused-ring (bicyclic) bond motifs is 1. The van der Waals surface area contributed by atoms with E-state index in [4.69, 9.17) is 23.4 Å². The van der Waals surface area contributed by atoms with Crippen molar-refractivity contribution in [3.63, 3.8) is 0 Å². The van der Waals surface area contributed by atoms with E-state index in [1.807, 2.05) is 0 Å². The van der Waals surface area contributed by atoms with Crippen molar-refractivity contribution in [3.05, 3.63) is 46.6 Å². The number of benzene rings is 2. The Balaban J connectivity index is 1.46. The van der Waals surface area contributed by atoms with Gasteiger partial charge in [-0.1, -0.05) is 0 Å². The van der Waals surface area contributed by atoms with E-state index < -0.39 is 91.2 Å². The fourth-order valence-electron chi connectivity index (χ4n) is 4.64. The molecule has 0 amide bonds. The van der Waals surface area contributed by atoms with Gasteiger partial charge in [-0.25, -0.2) is 0 Å². The molecule has 222 valence electrons. The van der Waals surface area contributed by atoms with Crippen LogP contribution < -0.4 is 10.2 Å². The van der Waals surface area contributed by atoms with Gasteiger partial charge in [-0.05, 0) is 24.3 Å². The summed E-state index contributed by atoms with van der Waals surface area (Å²) in [7, 11) is 0. The first-order chi connectivity index (χ1) is 19.5. The second-order valence-electron chi connectivity index (χ2n) is 9.65. The van der Waals surface area contributed by atoms with Crippen molar-refractivity contribution in [2.75, 3.05) is 13.2 Å². The van der Waals surface area contributed by atoms with Crippen LogP contribution in [0.25, 0.3) is 22.3 Å². The molecule has 0 saturated carbocycles. The van der Waals surface area contributed by atoms with Gasteiger partial charge < -0.3 is 69.3 Å². The minimum atomic E-state index is -1.91. The van der Waals surface area contributed by atoms with E-state index in [-0.39, 0.29) is 28.0 Å². The van der Waals surface area contributed by atoms with Gasteiger partial charge in [-0.15, -0.1) is 0 Å². The van der Waals surface area contributed by atoms with Crippen molar-refractivity contribution in [1.82, 2.24) is 0 Å².